The lowest BCUT2D eigenvalue weighted by molar-refractivity contribution is -0.169. The lowest BCUT2D eigenvalue weighted by Crippen LogP contribution is -2.43. The van der Waals surface area contributed by atoms with Gasteiger partial charge in [-0.2, -0.15) is 0 Å². The molecule has 0 heterocycles. The Balaban J connectivity index is 2.16. The molecule has 1 aliphatic rings. The fourth-order valence-corrected chi connectivity index (χ4v) is 3.55. The first-order chi connectivity index (χ1) is 12.1. The number of hydrogen-bond donors (Lipinski definition) is 0. The second kappa shape index (κ2) is 6.93. The Morgan fingerprint density at radius 2 is 1.40 bits per heavy atom. The van der Waals surface area contributed by atoms with Gasteiger partial charge in [-0.3, -0.25) is 9.59 Å². The van der Waals surface area contributed by atoms with Crippen molar-refractivity contribution in [1.82, 2.24) is 0 Å². The van der Waals surface area contributed by atoms with Gasteiger partial charge in [0, 0.05) is 12.3 Å². The highest BCUT2D eigenvalue weighted by Gasteiger charge is 2.57. The Morgan fingerprint density at radius 1 is 0.880 bits per heavy atom. The summed E-state index contributed by atoms with van der Waals surface area (Å²) in [5.74, 6) is -1.59. The number of ether oxygens (including phenoxy) is 2. The number of methoxy groups -OCH3 is 2. The maximum Gasteiger partial charge on any atom is 0.324 e. The molecule has 1 unspecified atom stereocenters. The summed E-state index contributed by atoms with van der Waals surface area (Å²) in [6.07, 6.45) is 2.23. The van der Waals surface area contributed by atoms with E-state index in [4.69, 9.17) is 9.47 Å². The summed E-state index contributed by atoms with van der Waals surface area (Å²) in [6, 6.07) is 19.3. The fraction of sp³-hybridized carbons (Fsp3) is 0.238. The predicted molar refractivity (Wildman–Crippen MR) is 94.7 cm³/mol. The van der Waals surface area contributed by atoms with Crippen molar-refractivity contribution in [2.24, 2.45) is 5.41 Å². The van der Waals surface area contributed by atoms with E-state index in [0.29, 0.717) is 0 Å². The summed E-state index contributed by atoms with van der Waals surface area (Å²) in [5, 5.41) is 0. The topological polar surface area (TPSA) is 52.6 Å². The molecule has 0 aromatic heterocycles. The normalized spacial score (nSPS) is 18.3. The van der Waals surface area contributed by atoms with Gasteiger partial charge in [0.05, 0.1) is 14.2 Å². The second-order valence-corrected chi connectivity index (χ2v) is 6.08. The first-order valence-corrected chi connectivity index (χ1v) is 8.11. The van der Waals surface area contributed by atoms with Gasteiger partial charge in [-0.05, 0) is 16.7 Å². The van der Waals surface area contributed by atoms with Gasteiger partial charge in [0.1, 0.15) is 0 Å². The molecule has 0 aliphatic heterocycles. The summed E-state index contributed by atoms with van der Waals surface area (Å²) in [7, 11) is 2.60. The van der Waals surface area contributed by atoms with E-state index in [1.54, 1.807) is 0 Å². The van der Waals surface area contributed by atoms with Crippen LogP contribution < -0.4 is 0 Å². The van der Waals surface area contributed by atoms with Crippen LogP contribution in [0.25, 0.3) is 5.57 Å². The SMILES string of the molecule is COC(=O)C1(C(=O)OC)CC(c2ccccc2)=CC1c1ccccc1. The number of esters is 2. The quantitative estimate of drug-likeness (QED) is 0.632. The van der Waals surface area contributed by atoms with Crippen LogP contribution in [0.3, 0.4) is 0 Å². The van der Waals surface area contributed by atoms with Crippen LogP contribution in [0.2, 0.25) is 0 Å². The molecule has 0 radical (unpaired) electrons. The van der Waals surface area contributed by atoms with Gasteiger partial charge in [-0.25, -0.2) is 0 Å². The average molecular weight is 336 g/mol. The van der Waals surface area contributed by atoms with Crippen molar-refractivity contribution >= 4 is 17.5 Å². The number of carbonyl (C=O) groups is 2. The maximum absolute atomic E-state index is 12.7. The molecule has 2 aromatic carbocycles. The highest BCUT2D eigenvalue weighted by atomic mass is 16.5. The molecule has 0 fully saturated rings. The molecular weight excluding hydrogens is 316 g/mol. The molecular formula is C21H20O4. The minimum atomic E-state index is -1.41. The molecule has 2 aromatic rings. The molecule has 0 amide bonds. The molecule has 0 N–H and O–H groups in total. The Hall–Kier alpha value is -2.88. The van der Waals surface area contributed by atoms with E-state index in [9.17, 15) is 9.59 Å². The molecule has 0 bridgehead atoms. The molecule has 128 valence electrons. The van der Waals surface area contributed by atoms with Crippen LogP contribution in [0.4, 0.5) is 0 Å². The summed E-state index contributed by atoms with van der Waals surface area (Å²) in [4.78, 5) is 25.5. The van der Waals surface area contributed by atoms with Crippen molar-refractivity contribution in [1.29, 1.82) is 0 Å². The summed E-state index contributed by atoms with van der Waals surface area (Å²) >= 11 is 0. The highest BCUT2D eigenvalue weighted by molar-refractivity contribution is 6.05. The molecule has 3 rings (SSSR count). The van der Waals surface area contributed by atoms with Crippen molar-refractivity contribution in [3.8, 4) is 0 Å². The van der Waals surface area contributed by atoms with Crippen molar-refractivity contribution in [2.75, 3.05) is 14.2 Å². The Bertz CT molecular complexity index is 777. The van der Waals surface area contributed by atoms with Crippen LogP contribution in [0.15, 0.2) is 66.7 Å². The molecule has 4 nitrogen and oxygen atoms in total. The highest BCUT2D eigenvalue weighted by Crippen LogP contribution is 2.52. The third-order valence-corrected chi connectivity index (χ3v) is 4.77. The van der Waals surface area contributed by atoms with Crippen molar-refractivity contribution in [2.45, 2.75) is 12.3 Å². The van der Waals surface area contributed by atoms with Crippen LogP contribution in [-0.2, 0) is 19.1 Å². The zero-order valence-electron chi connectivity index (χ0n) is 14.3. The van der Waals surface area contributed by atoms with Gasteiger partial charge >= 0.3 is 11.9 Å². The molecule has 1 aliphatic carbocycles. The molecule has 25 heavy (non-hydrogen) atoms. The van der Waals surface area contributed by atoms with Crippen LogP contribution in [0.1, 0.15) is 23.5 Å². The number of carbonyl (C=O) groups excluding carboxylic acids is 2. The average Bonchev–Trinajstić information content (AvgIpc) is 3.10. The second-order valence-electron chi connectivity index (χ2n) is 6.08. The number of hydrogen-bond acceptors (Lipinski definition) is 4. The van der Waals surface area contributed by atoms with Gasteiger partial charge in [-0.1, -0.05) is 66.7 Å². The lowest BCUT2D eigenvalue weighted by atomic mass is 9.73. The van der Waals surface area contributed by atoms with Gasteiger partial charge in [0.2, 0.25) is 0 Å². The largest absolute Gasteiger partial charge is 0.468 e. The monoisotopic (exact) mass is 336 g/mol. The number of benzene rings is 2. The molecule has 0 saturated heterocycles. The first-order valence-electron chi connectivity index (χ1n) is 8.11. The Kier molecular flexibility index (Phi) is 4.70. The molecule has 0 spiro atoms. The summed E-state index contributed by atoms with van der Waals surface area (Å²) in [6.45, 7) is 0. The standard InChI is InChI=1S/C21H20O4/c1-24-19(22)21(20(23)25-2)14-17(15-9-5-3-6-10-15)13-18(21)16-11-7-4-8-12-16/h3-13,18H,14H2,1-2H3. The van der Waals surface area contributed by atoms with E-state index in [1.165, 1.54) is 14.2 Å². The van der Waals surface area contributed by atoms with Crippen molar-refractivity contribution in [3.05, 3.63) is 77.9 Å². The van der Waals surface area contributed by atoms with Crippen LogP contribution in [0.5, 0.6) is 0 Å². The zero-order valence-corrected chi connectivity index (χ0v) is 14.3. The van der Waals surface area contributed by atoms with Gasteiger partial charge < -0.3 is 9.47 Å². The van der Waals surface area contributed by atoms with E-state index in [-0.39, 0.29) is 6.42 Å². The summed E-state index contributed by atoms with van der Waals surface area (Å²) < 4.78 is 10.0. The minimum Gasteiger partial charge on any atom is -0.468 e. The predicted octanol–water partition coefficient (Wildman–Crippen LogP) is 3.59. The van der Waals surface area contributed by atoms with Gasteiger partial charge in [0.25, 0.3) is 0 Å². The fourth-order valence-electron chi connectivity index (χ4n) is 3.55. The first kappa shape index (κ1) is 17.0. The van der Waals surface area contributed by atoms with Crippen LogP contribution in [-0.4, -0.2) is 26.2 Å². The van der Waals surface area contributed by atoms with E-state index >= 15 is 0 Å². The van der Waals surface area contributed by atoms with Crippen LogP contribution in [0, 0.1) is 5.41 Å². The zero-order chi connectivity index (χ0) is 17.9. The molecule has 4 heteroatoms. The maximum atomic E-state index is 12.7. The van der Waals surface area contributed by atoms with Crippen LogP contribution >= 0.6 is 0 Å². The number of allylic oxidation sites excluding steroid dienone is 2. The summed E-state index contributed by atoms with van der Waals surface area (Å²) in [5.41, 5.74) is 1.39. The Morgan fingerprint density at radius 3 is 1.92 bits per heavy atom. The minimum absolute atomic E-state index is 0.246. The number of rotatable bonds is 4. The van der Waals surface area contributed by atoms with E-state index in [0.717, 1.165) is 16.7 Å². The van der Waals surface area contributed by atoms with Gasteiger partial charge in [-0.15, -0.1) is 0 Å². The van der Waals surface area contributed by atoms with E-state index < -0.39 is 23.3 Å². The van der Waals surface area contributed by atoms with Gasteiger partial charge in [0.15, 0.2) is 5.41 Å². The third-order valence-electron chi connectivity index (χ3n) is 4.77. The van der Waals surface area contributed by atoms with Crippen molar-refractivity contribution in [3.63, 3.8) is 0 Å². The lowest BCUT2D eigenvalue weighted by Gasteiger charge is -2.30. The van der Waals surface area contributed by atoms with E-state index in [1.807, 2.05) is 66.7 Å². The van der Waals surface area contributed by atoms with Crippen molar-refractivity contribution < 1.29 is 19.1 Å². The Labute approximate surface area is 147 Å². The van der Waals surface area contributed by atoms with E-state index in [2.05, 4.69) is 0 Å². The third kappa shape index (κ3) is 2.84. The molecule has 0 saturated carbocycles. The smallest absolute Gasteiger partial charge is 0.324 e. The molecule has 1 atom stereocenters.